The van der Waals surface area contributed by atoms with Crippen molar-refractivity contribution in [1.82, 2.24) is 0 Å². The molecule has 6 N–H and O–H groups in total. The molecule has 0 unspecified atom stereocenters. The van der Waals surface area contributed by atoms with Gasteiger partial charge in [-0.3, -0.25) is 0 Å². The summed E-state index contributed by atoms with van der Waals surface area (Å²) in [4.78, 5) is 11.9. The van der Waals surface area contributed by atoms with Gasteiger partial charge in [0, 0.05) is 18.6 Å². The maximum Gasteiger partial charge on any atom is 0.331 e. The molecule has 18 atom stereocenters. The molecule has 49 heavy (non-hydrogen) atoms. The van der Waals surface area contributed by atoms with Crippen LogP contribution in [-0.2, 0) is 33.2 Å². The molecule has 3 heterocycles. The first-order chi connectivity index (χ1) is 23.3. The van der Waals surface area contributed by atoms with Crippen LogP contribution in [0, 0.1) is 34.5 Å². The van der Waals surface area contributed by atoms with Crippen molar-refractivity contribution < 1.29 is 63.9 Å². The Labute approximate surface area is 287 Å². The Balaban J connectivity index is 0.990. The van der Waals surface area contributed by atoms with Crippen molar-refractivity contribution in [2.75, 3.05) is 20.3 Å². The molecule has 13 nitrogen and oxygen atoms in total. The van der Waals surface area contributed by atoms with Crippen LogP contribution >= 0.6 is 0 Å². The standard InChI is InChI=1S/C36H56O13/c1-17-30(49-32-28(41)27(40)26(39)24(15-37)48-32)31(44-4)29(42)33(46-17)47-20-7-10-34(2)19(14-20)5-6-23-22(34)8-11-35(3)21(9-12-36(23,35)43)18-13-25(38)45-16-18/h13,17,19-24,26-33,37,39-43H,5-12,14-16H2,1-4H3/t17-,19-,20+,21-,22+,23-,24-,26-,27+,28-,29-,30-,31-,32+,33+,34+,35-,36+/m1/s1. The molecule has 0 aromatic carbocycles. The van der Waals surface area contributed by atoms with Gasteiger partial charge >= 0.3 is 5.97 Å². The Hall–Kier alpha value is -1.23. The summed E-state index contributed by atoms with van der Waals surface area (Å²) >= 11 is 0. The number of carbonyl (C=O) groups excluding carboxylic acids is 1. The first-order valence-electron chi connectivity index (χ1n) is 18.3. The lowest BCUT2D eigenvalue weighted by atomic mass is 9.43. The lowest BCUT2D eigenvalue weighted by molar-refractivity contribution is -0.362. The summed E-state index contributed by atoms with van der Waals surface area (Å²) in [5.41, 5.74) is 0.0599. The Morgan fingerprint density at radius 2 is 1.61 bits per heavy atom. The number of methoxy groups -OCH3 is 1. The van der Waals surface area contributed by atoms with Gasteiger partial charge in [-0.1, -0.05) is 13.8 Å². The third kappa shape index (κ3) is 5.74. The molecule has 0 spiro atoms. The maximum atomic E-state index is 12.5. The van der Waals surface area contributed by atoms with Crippen molar-refractivity contribution in [1.29, 1.82) is 0 Å². The second kappa shape index (κ2) is 13.3. The Bertz CT molecular complexity index is 1260. The number of fused-ring (bicyclic) bond motifs is 5. The van der Waals surface area contributed by atoms with Gasteiger partial charge in [0.2, 0.25) is 0 Å². The highest BCUT2D eigenvalue weighted by molar-refractivity contribution is 5.85. The third-order valence-corrected chi connectivity index (χ3v) is 14.4. The van der Waals surface area contributed by atoms with Crippen LogP contribution in [0.5, 0.6) is 0 Å². The van der Waals surface area contributed by atoms with E-state index < -0.39 is 73.6 Å². The van der Waals surface area contributed by atoms with Gasteiger partial charge in [0.25, 0.3) is 0 Å². The molecule has 278 valence electrons. The van der Waals surface area contributed by atoms with Crippen LogP contribution in [0.25, 0.3) is 0 Å². The lowest BCUT2D eigenvalue weighted by Gasteiger charge is -2.64. The van der Waals surface area contributed by atoms with Gasteiger partial charge in [-0.05, 0) is 99.4 Å². The third-order valence-electron chi connectivity index (χ3n) is 14.4. The van der Waals surface area contributed by atoms with E-state index in [0.717, 1.165) is 63.4 Å². The second-order valence-corrected chi connectivity index (χ2v) is 16.5. The number of cyclic esters (lactones) is 1. The lowest BCUT2D eigenvalue weighted by Crippen LogP contribution is -2.64. The molecule has 0 bridgehead atoms. The van der Waals surface area contributed by atoms with Crippen molar-refractivity contribution in [2.45, 2.75) is 152 Å². The van der Waals surface area contributed by atoms with E-state index in [1.54, 1.807) is 13.0 Å². The van der Waals surface area contributed by atoms with Gasteiger partial charge in [-0.25, -0.2) is 4.79 Å². The van der Waals surface area contributed by atoms with E-state index in [1.165, 1.54) is 7.11 Å². The predicted molar refractivity (Wildman–Crippen MR) is 170 cm³/mol. The number of ether oxygens (including phenoxy) is 6. The fourth-order valence-electron chi connectivity index (χ4n) is 11.6. The summed E-state index contributed by atoms with van der Waals surface area (Å²) < 4.78 is 35.1. The highest BCUT2D eigenvalue weighted by atomic mass is 16.7. The highest BCUT2D eigenvalue weighted by Crippen LogP contribution is 2.70. The van der Waals surface area contributed by atoms with E-state index in [-0.39, 0.29) is 34.7 Å². The minimum absolute atomic E-state index is 0.0579. The number of aliphatic hydroxyl groups excluding tert-OH is 5. The van der Waals surface area contributed by atoms with Gasteiger partial charge in [0.15, 0.2) is 12.6 Å². The molecule has 3 aliphatic heterocycles. The molecule has 7 aliphatic rings. The zero-order chi connectivity index (χ0) is 35.0. The smallest absolute Gasteiger partial charge is 0.331 e. The average molecular weight is 697 g/mol. The minimum atomic E-state index is -1.60. The molecule has 0 radical (unpaired) electrons. The maximum absolute atomic E-state index is 12.5. The van der Waals surface area contributed by atoms with E-state index in [2.05, 4.69) is 13.8 Å². The van der Waals surface area contributed by atoms with Crippen molar-refractivity contribution in [3.63, 3.8) is 0 Å². The number of esters is 1. The van der Waals surface area contributed by atoms with E-state index in [1.807, 2.05) is 0 Å². The van der Waals surface area contributed by atoms with Crippen molar-refractivity contribution >= 4 is 5.97 Å². The van der Waals surface area contributed by atoms with E-state index in [9.17, 15) is 35.4 Å². The molecule has 4 saturated carbocycles. The zero-order valence-electron chi connectivity index (χ0n) is 29.1. The first kappa shape index (κ1) is 36.1. The molecular weight excluding hydrogens is 640 g/mol. The SMILES string of the molecule is CO[C@@H]1[C@@H](O)[C@H](O[C@H]2CC[C@@]3(C)[C@H](CC[C@@H]4[C@@H]3CC[C@]3(C)[C@@H](C5=CC(=O)OC5)CC[C@]43O)C2)O[C@H](C)[C@H]1O[C@@H]1O[C@H](CO)[C@@H](O)[C@H](O)[C@H]1O. The van der Waals surface area contributed by atoms with Gasteiger partial charge in [0.1, 0.15) is 49.3 Å². The largest absolute Gasteiger partial charge is 0.458 e. The minimum Gasteiger partial charge on any atom is -0.458 e. The summed E-state index contributed by atoms with van der Waals surface area (Å²) in [6, 6.07) is 0. The van der Waals surface area contributed by atoms with Crippen molar-refractivity contribution in [3.05, 3.63) is 11.6 Å². The molecule has 7 rings (SSSR count). The Kier molecular flexibility index (Phi) is 9.82. The zero-order valence-corrected chi connectivity index (χ0v) is 29.1. The van der Waals surface area contributed by atoms with Crippen LogP contribution in [0.4, 0.5) is 0 Å². The van der Waals surface area contributed by atoms with E-state index >= 15 is 0 Å². The average Bonchev–Trinajstić information content (AvgIpc) is 3.62. The summed E-state index contributed by atoms with van der Waals surface area (Å²) in [6.07, 6.45) is -2.30. The Morgan fingerprint density at radius 1 is 0.857 bits per heavy atom. The van der Waals surface area contributed by atoms with Crippen LogP contribution in [0.3, 0.4) is 0 Å². The highest BCUT2D eigenvalue weighted by Gasteiger charge is 2.68. The quantitative estimate of drug-likeness (QED) is 0.163. The second-order valence-electron chi connectivity index (χ2n) is 16.5. The van der Waals surface area contributed by atoms with E-state index in [0.29, 0.717) is 18.4 Å². The fraction of sp³-hybridized carbons (Fsp3) is 0.917. The topological polar surface area (TPSA) is 194 Å². The molecule has 2 saturated heterocycles. The van der Waals surface area contributed by atoms with Gasteiger partial charge in [-0.2, -0.15) is 0 Å². The summed E-state index contributed by atoms with van der Waals surface area (Å²) in [5, 5.41) is 64.3. The molecule has 0 aromatic heterocycles. The summed E-state index contributed by atoms with van der Waals surface area (Å²) in [7, 11) is 1.44. The fourth-order valence-corrected chi connectivity index (χ4v) is 11.6. The van der Waals surface area contributed by atoms with Crippen molar-refractivity contribution in [3.8, 4) is 0 Å². The summed E-state index contributed by atoms with van der Waals surface area (Å²) in [5.74, 6) is 0.909. The Morgan fingerprint density at radius 3 is 2.31 bits per heavy atom. The number of hydrogen-bond acceptors (Lipinski definition) is 13. The van der Waals surface area contributed by atoms with Crippen LogP contribution in [0.1, 0.15) is 78.6 Å². The molecule has 4 aliphatic carbocycles. The van der Waals surface area contributed by atoms with Crippen LogP contribution in [0.2, 0.25) is 0 Å². The van der Waals surface area contributed by atoms with Gasteiger partial charge in [0.05, 0.1) is 24.4 Å². The monoisotopic (exact) mass is 696 g/mol. The number of carbonyl (C=O) groups is 1. The normalized spacial score (nSPS) is 54.4. The van der Waals surface area contributed by atoms with Crippen molar-refractivity contribution in [2.24, 2.45) is 34.5 Å². The molecule has 0 aromatic rings. The number of aliphatic hydroxyl groups is 6. The van der Waals surface area contributed by atoms with E-state index in [4.69, 9.17) is 28.4 Å². The van der Waals surface area contributed by atoms with Gasteiger partial charge < -0.3 is 59.1 Å². The van der Waals surface area contributed by atoms with Crippen LogP contribution < -0.4 is 0 Å². The predicted octanol–water partition coefficient (Wildman–Crippen LogP) is 0.934. The van der Waals surface area contributed by atoms with Gasteiger partial charge in [-0.15, -0.1) is 0 Å². The molecule has 6 fully saturated rings. The molecule has 13 heteroatoms. The number of rotatable bonds is 7. The van der Waals surface area contributed by atoms with Crippen LogP contribution in [0.15, 0.2) is 11.6 Å². The first-order valence-corrected chi connectivity index (χ1v) is 18.3. The molecule has 0 amide bonds. The molecular formula is C36H56O13. The van der Waals surface area contributed by atoms with Crippen LogP contribution in [-0.4, -0.2) is 130 Å². The summed E-state index contributed by atoms with van der Waals surface area (Å²) in [6.45, 7) is 6.15. The number of hydrogen-bond donors (Lipinski definition) is 6.